The molecular formula is C17H14ClNO4S. The molecule has 7 heteroatoms. The molecule has 2 aromatic rings. The third-order valence-corrected chi connectivity index (χ3v) is 5.32. The molecule has 5 nitrogen and oxygen atoms in total. The molecule has 1 aliphatic heterocycles. The van der Waals surface area contributed by atoms with Crippen molar-refractivity contribution >= 4 is 35.0 Å². The van der Waals surface area contributed by atoms with Crippen molar-refractivity contribution in [3.8, 4) is 0 Å². The predicted octanol–water partition coefficient (Wildman–Crippen LogP) is 4.32. The van der Waals surface area contributed by atoms with E-state index in [-0.39, 0.29) is 28.5 Å². The second-order valence-corrected chi connectivity index (χ2v) is 6.97. The molecule has 0 spiro atoms. The van der Waals surface area contributed by atoms with Crippen LogP contribution < -0.4 is 0 Å². The van der Waals surface area contributed by atoms with Gasteiger partial charge in [0.2, 0.25) is 0 Å². The van der Waals surface area contributed by atoms with Gasteiger partial charge in [-0.2, -0.15) is 0 Å². The van der Waals surface area contributed by atoms with E-state index in [2.05, 4.69) is 0 Å². The van der Waals surface area contributed by atoms with Gasteiger partial charge in [0.25, 0.3) is 5.69 Å². The zero-order valence-corrected chi connectivity index (χ0v) is 14.2. The minimum absolute atomic E-state index is 0.0333. The van der Waals surface area contributed by atoms with E-state index >= 15 is 0 Å². The smallest absolute Gasteiger partial charge is 0.323 e. The first-order valence-electron chi connectivity index (χ1n) is 7.35. The van der Waals surface area contributed by atoms with Crippen LogP contribution in [0.25, 0.3) is 0 Å². The monoisotopic (exact) mass is 363 g/mol. The quantitative estimate of drug-likeness (QED) is 0.459. The Morgan fingerprint density at radius 1 is 1.33 bits per heavy atom. The lowest BCUT2D eigenvalue weighted by Gasteiger charge is -2.23. The number of nitro benzene ring substituents is 1. The van der Waals surface area contributed by atoms with Gasteiger partial charge in [0.05, 0.1) is 4.92 Å². The van der Waals surface area contributed by atoms with E-state index in [9.17, 15) is 14.9 Å². The third-order valence-electron chi connectivity index (χ3n) is 3.80. The lowest BCUT2D eigenvalue weighted by atomic mass is 10.0. The summed E-state index contributed by atoms with van der Waals surface area (Å²) < 4.78 is 5.39. The fraction of sp³-hybridized carbons (Fsp3) is 0.235. The molecule has 2 aromatic carbocycles. The number of benzene rings is 2. The molecule has 0 aliphatic carbocycles. The number of rotatable bonds is 4. The van der Waals surface area contributed by atoms with Crippen LogP contribution in [0.5, 0.6) is 0 Å². The zero-order chi connectivity index (χ0) is 17.1. The maximum Gasteiger partial charge on any atom is 0.323 e. The van der Waals surface area contributed by atoms with Crippen molar-refractivity contribution in [2.24, 2.45) is 0 Å². The number of thioether (sulfide) groups is 1. The molecule has 24 heavy (non-hydrogen) atoms. The average molecular weight is 364 g/mol. The third kappa shape index (κ3) is 3.55. The first-order valence-corrected chi connectivity index (χ1v) is 8.78. The van der Waals surface area contributed by atoms with Gasteiger partial charge in [-0.15, -0.1) is 11.8 Å². The summed E-state index contributed by atoms with van der Waals surface area (Å²) in [5.41, 5.74) is 2.63. The predicted molar refractivity (Wildman–Crippen MR) is 93.2 cm³/mol. The highest BCUT2D eigenvalue weighted by atomic mass is 35.5. The van der Waals surface area contributed by atoms with Crippen molar-refractivity contribution < 1.29 is 14.5 Å². The van der Waals surface area contributed by atoms with Gasteiger partial charge in [0.1, 0.15) is 16.9 Å². The minimum atomic E-state index is -0.548. The van der Waals surface area contributed by atoms with Crippen LogP contribution in [-0.2, 0) is 22.6 Å². The highest BCUT2D eigenvalue weighted by Crippen LogP contribution is 2.37. The van der Waals surface area contributed by atoms with Gasteiger partial charge in [-0.1, -0.05) is 35.9 Å². The fourth-order valence-electron chi connectivity index (χ4n) is 2.61. The number of nitrogens with zero attached hydrogens (tertiary/aromatic N) is 1. The molecule has 0 aromatic heterocycles. The summed E-state index contributed by atoms with van der Waals surface area (Å²) in [7, 11) is 0. The van der Waals surface area contributed by atoms with Gasteiger partial charge < -0.3 is 4.74 Å². The Labute approximate surface area is 148 Å². The van der Waals surface area contributed by atoms with Crippen molar-refractivity contribution in [2.75, 3.05) is 5.75 Å². The summed E-state index contributed by atoms with van der Waals surface area (Å²) in [4.78, 5) is 22.6. The van der Waals surface area contributed by atoms with Gasteiger partial charge in [0.15, 0.2) is 0 Å². The van der Waals surface area contributed by atoms with E-state index in [0.29, 0.717) is 5.56 Å². The van der Waals surface area contributed by atoms with Crippen LogP contribution in [0.4, 0.5) is 5.69 Å². The summed E-state index contributed by atoms with van der Waals surface area (Å²) >= 11 is 7.44. The van der Waals surface area contributed by atoms with Crippen molar-refractivity contribution in [3.63, 3.8) is 0 Å². The van der Waals surface area contributed by atoms with Crippen LogP contribution in [0, 0.1) is 10.1 Å². The minimum Gasteiger partial charge on any atom is -0.460 e. The Bertz CT molecular complexity index is 796. The molecule has 1 atom stereocenters. The molecule has 0 saturated carbocycles. The number of carbonyl (C=O) groups excluding carboxylic acids is 1. The number of ether oxygens (including phenoxy) is 1. The van der Waals surface area contributed by atoms with Crippen LogP contribution in [0.15, 0.2) is 42.5 Å². The molecule has 1 aliphatic rings. The number of carbonyl (C=O) groups is 1. The van der Waals surface area contributed by atoms with Gasteiger partial charge >= 0.3 is 5.97 Å². The van der Waals surface area contributed by atoms with Crippen LogP contribution >= 0.6 is 23.4 Å². The topological polar surface area (TPSA) is 69.4 Å². The Balaban J connectivity index is 1.68. The summed E-state index contributed by atoms with van der Waals surface area (Å²) in [6.45, 7) is 0.0375. The molecule has 0 saturated heterocycles. The van der Waals surface area contributed by atoms with Crippen LogP contribution in [-0.4, -0.2) is 16.6 Å². The van der Waals surface area contributed by atoms with E-state index in [4.69, 9.17) is 16.3 Å². The van der Waals surface area contributed by atoms with Crippen LogP contribution in [0.1, 0.15) is 21.9 Å². The summed E-state index contributed by atoms with van der Waals surface area (Å²) in [6.07, 6.45) is 0.947. The molecule has 0 amide bonds. The van der Waals surface area contributed by atoms with E-state index in [0.717, 1.165) is 17.7 Å². The maximum absolute atomic E-state index is 12.4. The van der Waals surface area contributed by atoms with Crippen molar-refractivity contribution in [1.29, 1.82) is 0 Å². The number of nitro groups is 1. The zero-order valence-electron chi connectivity index (χ0n) is 12.6. The second-order valence-electron chi connectivity index (χ2n) is 5.35. The van der Waals surface area contributed by atoms with Crippen molar-refractivity contribution in [2.45, 2.75) is 18.3 Å². The normalized spacial score (nSPS) is 16.3. The summed E-state index contributed by atoms with van der Waals surface area (Å²) in [5.74, 6) is 0.571. The van der Waals surface area contributed by atoms with Gasteiger partial charge in [-0.05, 0) is 41.0 Å². The highest BCUT2D eigenvalue weighted by Gasteiger charge is 2.28. The van der Waals surface area contributed by atoms with Gasteiger partial charge in [-0.3, -0.25) is 14.9 Å². The number of aryl methyl sites for hydroxylation is 1. The largest absolute Gasteiger partial charge is 0.460 e. The van der Waals surface area contributed by atoms with Crippen molar-refractivity contribution in [1.82, 2.24) is 0 Å². The molecule has 0 radical (unpaired) electrons. The lowest BCUT2D eigenvalue weighted by molar-refractivity contribution is -0.384. The van der Waals surface area contributed by atoms with Gasteiger partial charge in [0, 0.05) is 6.07 Å². The molecule has 0 bridgehead atoms. The van der Waals surface area contributed by atoms with E-state index < -0.39 is 4.92 Å². The fourth-order valence-corrected chi connectivity index (χ4v) is 4.07. The Morgan fingerprint density at radius 2 is 2.12 bits per heavy atom. The second kappa shape index (κ2) is 7.23. The number of hydrogen-bond acceptors (Lipinski definition) is 5. The average Bonchev–Trinajstić information content (AvgIpc) is 2.59. The van der Waals surface area contributed by atoms with Gasteiger partial charge in [-0.25, -0.2) is 0 Å². The van der Waals surface area contributed by atoms with E-state index in [1.165, 1.54) is 17.7 Å². The molecule has 3 rings (SSSR count). The Morgan fingerprint density at radius 3 is 2.88 bits per heavy atom. The lowest BCUT2D eigenvalue weighted by Crippen LogP contribution is -2.19. The first kappa shape index (κ1) is 16.8. The van der Waals surface area contributed by atoms with E-state index in [1.54, 1.807) is 17.8 Å². The first-order chi connectivity index (χ1) is 11.6. The maximum atomic E-state index is 12.4. The Hall–Kier alpha value is -2.05. The summed E-state index contributed by atoms with van der Waals surface area (Å²) in [5, 5.41) is 10.5. The standard InChI is InChI=1S/C17H14ClNO4S/c18-14-9-11(5-6-15(14)19(21)22)10-23-17(20)16-13-4-2-1-3-12(13)7-8-24-16/h1-6,9,16H,7-8,10H2/t16-/m1/s1. The Kier molecular flexibility index (Phi) is 5.06. The molecule has 0 N–H and O–H groups in total. The number of fused-ring (bicyclic) bond motifs is 1. The number of esters is 1. The van der Waals surface area contributed by atoms with Crippen molar-refractivity contribution in [3.05, 3.63) is 74.3 Å². The van der Waals surface area contributed by atoms with E-state index in [1.807, 2.05) is 24.3 Å². The number of halogens is 1. The van der Waals surface area contributed by atoms with Crippen LogP contribution in [0.2, 0.25) is 5.02 Å². The molecule has 124 valence electrons. The number of hydrogen-bond donors (Lipinski definition) is 0. The molecule has 0 unspecified atom stereocenters. The molecule has 1 heterocycles. The molecular weight excluding hydrogens is 350 g/mol. The SMILES string of the molecule is O=C(OCc1ccc([N+](=O)[O-])c(Cl)c1)[C@@H]1SCCc2ccccc21. The highest BCUT2D eigenvalue weighted by molar-refractivity contribution is 8.00. The molecule has 0 fully saturated rings. The van der Waals surface area contributed by atoms with Crippen LogP contribution in [0.3, 0.4) is 0 Å². The summed E-state index contributed by atoms with van der Waals surface area (Å²) in [6, 6.07) is 12.2.